The number of phenolic OH excluding ortho intramolecular Hbond substituents is 1. The first-order chi connectivity index (χ1) is 17.2. The van der Waals surface area contributed by atoms with Crippen LogP contribution in [-0.4, -0.2) is 33.4 Å². The number of aliphatic hydroxyl groups excluding tert-OH is 1. The molecule has 1 aliphatic heterocycles. The van der Waals surface area contributed by atoms with Crippen molar-refractivity contribution in [3.8, 4) is 28.4 Å². The van der Waals surface area contributed by atoms with Crippen LogP contribution in [0.25, 0.3) is 11.1 Å². The molecular formula is C31H39NO4. The first-order valence-electron chi connectivity index (χ1n) is 12.9. The highest BCUT2D eigenvalue weighted by Gasteiger charge is 2.35. The van der Waals surface area contributed by atoms with Crippen molar-refractivity contribution in [1.82, 2.24) is 4.90 Å². The summed E-state index contributed by atoms with van der Waals surface area (Å²) in [5.41, 5.74) is 5.80. The lowest BCUT2D eigenvalue weighted by Crippen LogP contribution is -2.41. The fourth-order valence-electron chi connectivity index (χ4n) is 5.37. The maximum Gasteiger partial charge on any atom is 0.128 e. The van der Waals surface area contributed by atoms with Gasteiger partial charge in [-0.15, -0.1) is 0 Å². The molecule has 192 valence electrons. The second-order valence-corrected chi connectivity index (χ2v) is 10.4. The van der Waals surface area contributed by atoms with Gasteiger partial charge >= 0.3 is 0 Å². The van der Waals surface area contributed by atoms with Crippen molar-refractivity contribution < 1.29 is 19.7 Å². The summed E-state index contributed by atoms with van der Waals surface area (Å²) in [6.07, 6.45) is 0.780. The van der Waals surface area contributed by atoms with Crippen molar-refractivity contribution >= 4 is 0 Å². The largest absolute Gasteiger partial charge is 0.507 e. The highest BCUT2D eigenvalue weighted by molar-refractivity contribution is 5.80. The fraction of sp³-hybridized carbons (Fsp3) is 0.419. The maximum absolute atomic E-state index is 11.3. The van der Waals surface area contributed by atoms with E-state index in [4.69, 9.17) is 9.47 Å². The highest BCUT2D eigenvalue weighted by atomic mass is 16.5. The number of phenols is 1. The molecule has 5 nitrogen and oxygen atoms in total. The van der Waals surface area contributed by atoms with E-state index in [-0.39, 0.29) is 36.6 Å². The van der Waals surface area contributed by atoms with Crippen molar-refractivity contribution in [2.24, 2.45) is 0 Å². The molecule has 2 atom stereocenters. The average Bonchev–Trinajstić information content (AvgIpc) is 2.82. The molecule has 0 bridgehead atoms. The molecule has 0 unspecified atom stereocenters. The van der Waals surface area contributed by atoms with E-state index in [1.165, 1.54) is 5.56 Å². The second kappa shape index (κ2) is 10.9. The zero-order valence-corrected chi connectivity index (χ0v) is 22.3. The molecule has 2 N–H and O–H groups in total. The van der Waals surface area contributed by atoms with Crippen molar-refractivity contribution in [1.29, 1.82) is 0 Å². The number of hydrogen-bond donors (Lipinski definition) is 2. The smallest absolute Gasteiger partial charge is 0.128 e. The molecule has 0 amide bonds. The predicted molar refractivity (Wildman–Crippen MR) is 145 cm³/mol. The highest BCUT2D eigenvalue weighted by Crippen LogP contribution is 2.49. The SMILES string of the molecule is CC(C)Oc1ccc(-c2c(O)cc(OC(C)C)c3c2C[C@@H](C)N(Cc2ccccc2)[C@@H]3C)c(CO)c1. The van der Waals surface area contributed by atoms with E-state index in [1.807, 2.05) is 52.0 Å². The van der Waals surface area contributed by atoms with Gasteiger partial charge in [0.05, 0.1) is 18.8 Å². The third-order valence-corrected chi connectivity index (χ3v) is 6.86. The van der Waals surface area contributed by atoms with E-state index in [0.29, 0.717) is 5.75 Å². The monoisotopic (exact) mass is 489 g/mol. The van der Waals surface area contributed by atoms with Crippen LogP contribution in [0, 0.1) is 0 Å². The zero-order valence-electron chi connectivity index (χ0n) is 22.3. The molecule has 1 aliphatic rings. The summed E-state index contributed by atoms with van der Waals surface area (Å²) in [5.74, 6) is 1.61. The van der Waals surface area contributed by atoms with Crippen molar-refractivity contribution in [2.45, 2.75) is 85.4 Å². The number of ether oxygens (including phenoxy) is 2. The number of nitrogens with zero attached hydrogens (tertiary/aromatic N) is 1. The molecule has 0 saturated heterocycles. The van der Waals surface area contributed by atoms with Gasteiger partial charge in [-0.3, -0.25) is 4.90 Å². The zero-order chi connectivity index (χ0) is 26.0. The molecular weight excluding hydrogens is 450 g/mol. The van der Waals surface area contributed by atoms with Crippen LogP contribution in [0.4, 0.5) is 0 Å². The van der Waals surface area contributed by atoms with Crippen LogP contribution < -0.4 is 9.47 Å². The molecule has 3 aromatic carbocycles. The maximum atomic E-state index is 11.3. The van der Waals surface area contributed by atoms with E-state index in [2.05, 4.69) is 43.0 Å². The van der Waals surface area contributed by atoms with Crippen LogP contribution in [0.5, 0.6) is 17.2 Å². The molecule has 0 aliphatic carbocycles. The van der Waals surface area contributed by atoms with Crippen molar-refractivity contribution in [3.63, 3.8) is 0 Å². The summed E-state index contributed by atoms with van der Waals surface area (Å²) >= 11 is 0. The van der Waals surface area contributed by atoms with Crippen LogP contribution >= 0.6 is 0 Å². The molecule has 0 radical (unpaired) electrons. The predicted octanol–water partition coefficient (Wildman–Crippen LogP) is 6.63. The minimum Gasteiger partial charge on any atom is -0.507 e. The normalized spacial score (nSPS) is 17.9. The average molecular weight is 490 g/mol. The van der Waals surface area contributed by atoms with E-state index < -0.39 is 0 Å². The van der Waals surface area contributed by atoms with E-state index in [0.717, 1.165) is 46.5 Å². The Morgan fingerprint density at radius 3 is 2.28 bits per heavy atom. The number of aromatic hydroxyl groups is 1. The van der Waals surface area contributed by atoms with Gasteiger partial charge in [0.25, 0.3) is 0 Å². The Morgan fingerprint density at radius 1 is 0.944 bits per heavy atom. The summed E-state index contributed by atoms with van der Waals surface area (Å²) < 4.78 is 12.1. The molecule has 4 rings (SSSR count). The van der Waals surface area contributed by atoms with Crippen LogP contribution in [0.15, 0.2) is 54.6 Å². The Kier molecular flexibility index (Phi) is 7.91. The fourth-order valence-corrected chi connectivity index (χ4v) is 5.37. The van der Waals surface area contributed by atoms with Crippen molar-refractivity contribution in [2.75, 3.05) is 0 Å². The summed E-state index contributed by atoms with van der Waals surface area (Å²) in [5, 5.41) is 21.6. The van der Waals surface area contributed by atoms with Gasteiger partial charge in [0.15, 0.2) is 0 Å². The minimum absolute atomic E-state index is 0.0195. The Labute approximate surface area is 215 Å². The van der Waals surface area contributed by atoms with E-state index in [1.54, 1.807) is 6.07 Å². The van der Waals surface area contributed by atoms with Gasteiger partial charge in [-0.1, -0.05) is 36.4 Å². The first-order valence-corrected chi connectivity index (χ1v) is 12.9. The Morgan fingerprint density at radius 2 is 1.64 bits per heavy atom. The number of fused-ring (bicyclic) bond motifs is 1. The summed E-state index contributed by atoms with van der Waals surface area (Å²) in [4.78, 5) is 2.50. The minimum atomic E-state index is -0.145. The lowest BCUT2D eigenvalue weighted by molar-refractivity contribution is 0.123. The Balaban J connectivity index is 1.86. The molecule has 1 heterocycles. The molecule has 3 aromatic rings. The van der Waals surface area contributed by atoms with Crippen LogP contribution in [0.3, 0.4) is 0 Å². The molecule has 5 heteroatoms. The van der Waals surface area contributed by atoms with Gasteiger partial charge in [0.2, 0.25) is 0 Å². The third kappa shape index (κ3) is 5.37. The summed E-state index contributed by atoms with van der Waals surface area (Å²) in [6, 6.07) is 18.3. The number of rotatable bonds is 8. The standard InChI is InChI=1S/C31H39NO4/c1-19(2)35-25-12-13-26(24(15-25)18-33)31-27-14-21(5)32(17-23-10-8-7-9-11-23)22(6)30(27)29(16-28(31)34)36-20(3)4/h7-13,15-16,19-22,33-34H,14,17-18H2,1-6H3/t21-,22-/m1/s1. The van der Waals surface area contributed by atoms with Crippen LogP contribution in [-0.2, 0) is 19.6 Å². The second-order valence-electron chi connectivity index (χ2n) is 10.4. The molecule has 0 fully saturated rings. The molecule has 0 aromatic heterocycles. The third-order valence-electron chi connectivity index (χ3n) is 6.86. The summed E-state index contributed by atoms with van der Waals surface area (Å²) in [7, 11) is 0. The lowest BCUT2D eigenvalue weighted by Gasteiger charge is -2.42. The van der Waals surface area contributed by atoms with Crippen LogP contribution in [0.2, 0.25) is 0 Å². The van der Waals surface area contributed by atoms with E-state index >= 15 is 0 Å². The molecule has 0 saturated carbocycles. The lowest BCUT2D eigenvalue weighted by atomic mass is 9.82. The number of benzene rings is 3. The Bertz CT molecular complexity index is 1190. The Hall–Kier alpha value is -3.02. The quantitative estimate of drug-likeness (QED) is 0.372. The molecule has 36 heavy (non-hydrogen) atoms. The van der Waals surface area contributed by atoms with E-state index in [9.17, 15) is 10.2 Å². The topological polar surface area (TPSA) is 62.2 Å². The van der Waals surface area contributed by atoms with Crippen LogP contribution in [0.1, 0.15) is 69.8 Å². The van der Waals surface area contributed by atoms with Crippen molar-refractivity contribution in [3.05, 3.63) is 76.9 Å². The van der Waals surface area contributed by atoms with Gasteiger partial charge in [0.1, 0.15) is 17.2 Å². The number of hydrogen-bond acceptors (Lipinski definition) is 5. The van der Waals surface area contributed by atoms with Gasteiger partial charge in [-0.2, -0.15) is 0 Å². The van der Waals surface area contributed by atoms with Gasteiger partial charge in [0, 0.05) is 35.8 Å². The number of aliphatic hydroxyl groups is 1. The van der Waals surface area contributed by atoms with Gasteiger partial charge < -0.3 is 19.7 Å². The first kappa shape index (κ1) is 26.1. The molecule has 0 spiro atoms. The summed E-state index contributed by atoms with van der Waals surface area (Å²) in [6.45, 7) is 13.1. The van der Waals surface area contributed by atoms with Gasteiger partial charge in [-0.25, -0.2) is 0 Å². The van der Waals surface area contributed by atoms with Gasteiger partial charge in [-0.05, 0) is 82.3 Å².